The summed E-state index contributed by atoms with van der Waals surface area (Å²) < 4.78 is 41.4. The molecule has 0 radical (unpaired) electrons. The van der Waals surface area contributed by atoms with Crippen molar-refractivity contribution < 1.29 is 33.0 Å². The van der Waals surface area contributed by atoms with Crippen LogP contribution in [0.3, 0.4) is 0 Å². The standard InChI is InChI=1S/C25H26F3N5O4/c26-25(27,28)16-5-1-3-15(11-16)18(12-20(35)36)22-21(23(29)37)19(13-34)33(32-22)10-8-17-7-6-14-4-2-9-30-24(14)31-17/h1,3,5-7,11,18,34H,2,4,8-10,12-13H2,(H2,29,37)(H,30,31)(H,35,36). The lowest BCUT2D eigenvalue weighted by atomic mass is 9.88. The average Bonchev–Trinajstić information content (AvgIpc) is 3.24. The van der Waals surface area contributed by atoms with Crippen molar-refractivity contribution in [3.8, 4) is 0 Å². The summed E-state index contributed by atoms with van der Waals surface area (Å²) in [6, 6.07) is 8.07. The van der Waals surface area contributed by atoms with Gasteiger partial charge in [-0.1, -0.05) is 24.3 Å². The molecule has 3 aromatic rings. The number of benzene rings is 1. The molecule has 5 N–H and O–H groups in total. The third-order valence-electron chi connectivity index (χ3n) is 6.34. The molecule has 9 nitrogen and oxygen atoms in total. The molecular weight excluding hydrogens is 491 g/mol. The quantitative estimate of drug-likeness (QED) is 0.342. The van der Waals surface area contributed by atoms with Crippen molar-refractivity contribution in [3.05, 3.63) is 75.7 Å². The largest absolute Gasteiger partial charge is 0.481 e. The van der Waals surface area contributed by atoms with Gasteiger partial charge in [0.25, 0.3) is 5.91 Å². The number of rotatable bonds is 9. The first-order valence-electron chi connectivity index (χ1n) is 11.7. The number of aliphatic hydroxyl groups is 1. The zero-order valence-corrected chi connectivity index (χ0v) is 19.8. The monoisotopic (exact) mass is 517 g/mol. The average molecular weight is 518 g/mol. The highest BCUT2D eigenvalue weighted by Crippen LogP contribution is 2.36. The molecular formula is C25H26F3N5O4. The number of aryl methyl sites for hydroxylation is 3. The van der Waals surface area contributed by atoms with E-state index in [1.807, 2.05) is 12.1 Å². The number of halogens is 3. The second-order valence-electron chi connectivity index (χ2n) is 8.82. The van der Waals surface area contributed by atoms with E-state index in [0.717, 1.165) is 54.7 Å². The molecule has 3 heterocycles. The van der Waals surface area contributed by atoms with Gasteiger partial charge in [0, 0.05) is 31.1 Å². The van der Waals surface area contributed by atoms with E-state index in [2.05, 4.69) is 15.4 Å². The number of aliphatic carboxylic acids is 1. The number of amides is 1. The van der Waals surface area contributed by atoms with Gasteiger partial charge in [0.1, 0.15) is 5.82 Å². The van der Waals surface area contributed by atoms with Crippen LogP contribution in [0.15, 0.2) is 36.4 Å². The van der Waals surface area contributed by atoms with Crippen LogP contribution < -0.4 is 11.1 Å². The summed E-state index contributed by atoms with van der Waals surface area (Å²) in [5.74, 6) is -2.68. The van der Waals surface area contributed by atoms with E-state index in [-0.39, 0.29) is 29.1 Å². The highest BCUT2D eigenvalue weighted by atomic mass is 19.4. The van der Waals surface area contributed by atoms with Gasteiger partial charge in [-0.25, -0.2) is 4.98 Å². The van der Waals surface area contributed by atoms with Crippen molar-refractivity contribution in [1.82, 2.24) is 14.8 Å². The third-order valence-corrected chi connectivity index (χ3v) is 6.34. The summed E-state index contributed by atoms with van der Waals surface area (Å²) in [5, 5.41) is 27.2. The molecule has 1 atom stereocenters. The van der Waals surface area contributed by atoms with Crippen LogP contribution in [0.1, 0.15) is 62.9 Å². The molecule has 0 aliphatic carbocycles. The number of anilines is 1. The molecule has 0 spiro atoms. The molecule has 0 bridgehead atoms. The molecule has 0 saturated heterocycles. The highest BCUT2D eigenvalue weighted by Gasteiger charge is 2.34. The van der Waals surface area contributed by atoms with E-state index in [1.165, 1.54) is 10.7 Å². The Morgan fingerprint density at radius 2 is 2.00 bits per heavy atom. The Morgan fingerprint density at radius 3 is 2.68 bits per heavy atom. The molecule has 0 saturated carbocycles. The number of carboxylic acid groups (broad SMARTS) is 1. The number of hydrogen-bond donors (Lipinski definition) is 4. The minimum absolute atomic E-state index is 0.0105. The van der Waals surface area contributed by atoms with Crippen molar-refractivity contribution in [2.24, 2.45) is 5.73 Å². The predicted molar refractivity (Wildman–Crippen MR) is 127 cm³/mol. The Kier molecular flexibility index (Phi) is 7.48. The van der Waals surface area contributed by atoms with Gasteiger partial charge in [-0.15, -0.1) is 0 Å². The zero-order chi connectivity index (χ0) is 26.7. The molecule has 4 rings (SSSR count). The predicted octanol–water partition coefficient (Wildman–Crippen LogP) is 3.10. The topological polar surface area (TPSA) is 143 Å². The smallest absolute Gasteiger partial charge is 0.416 e. The van der Waals surface area contributed by atoms with Crippen LogP contribution >= 0.6 is 0 Å². The summed E-state index contributed by atoms with van der Waals surface area (Å²) in [6.07, 6.45) is -2.98. The molecule has 0 fully saturated rings. The number of carbonyl (C=O) groups excluding carboxylic acids is 1. The number of nitrogens with zero attached hydrogens (tertiary/aromatic N) is 3. The first-order chi connectivity index (χ1) is 17.6. The number of aliphatic hydroxyl groups excluding tert-OH is 1. The number of nitrogens with two attached hydrogens (primary N) is 1. The van der Waals surface area contributed by atoms with Crippen LogP contribution in [-0.4, -0.2) is 43.4 Å². The van der Waals surface area contributed by atoms with Crippen LogP contribution in [0, 0.1) is 0 Å². The molecule has 1 amide bonds. The van der Waals surface area contributed by atoms with E-state index in [1.54, 1.807) is 0 Å². The maximum Gasteiger partial charge on any atom is 0.416 e. The number of fused-ring (bicyclic) bond motifs is 1. The fraction of sp³-hybridized carbons (Fsp3) is 0.360. The van der Waals surface area contributed by atoms with Crippen molar-refractivity contribution in [3.63, 3.8) is 0 Å². The Hall–Kier alpha value is -3.93. The molecule has 12 heteroatoms. The number of nitrogens with one attached hydrogen (secondary N) is 1. The van der Waals surface area contributed by atoms with Crippen LogP contribution in [0.25, 0.3) is 0 Å². The molecule has 1 aliphatic heterocycles. The first-order valence-corrected chi connectivity index (χ1v) is 11.7. The molecule has 1 aromatic carbocycles. The number of primary amides is 1. The Morgan fingerprint density at radius 1 is 1.22 bits per heavy atom. The molecule has 2 aromatic heterocycles. The Balaban J connectivity index is 1.73. The second-order valence-corrected chi connectivity index (χ2v) is 8.82. The lowest BCUT2D eigenvalue weighted by molar-refractivity contribution is -0.138. The van der Waals surface area contributed by atoms with Gasteiger partial charge in [0.15, 0.2) is 0 Å². The van der Waals surface area contributed by atoms with Crippen LogP contribution in [0.4, 0.5) is 19.0 Å². The lowest BCUT2D eigenvalue weighted by Crippen LogP contribution is -2.19. The number of pyridine rings is 1. The van der Waals surface area contributed by atoms with Crippen molar-refractivity contribution in [1.29, 1.82) is 0 Å². The van der Waals surface area contributed by atoms with E-state index in [4.69, 9.17) is 5.73 Å². The summed E-state index contributed by atoms with van der Waals surface area (Å²) in [4.78, 5) is 28.7. The summed E-state index contributed by atoms with van der Waals surface area (Å²) >= 11 is 0. The van der Waals surface area contributed by atoms with Crippen LogP contribution in [-0.2, 0) is 37.0 Å². The number of carbonyl (C=O) groups is 2. The van der Waals surface area contributed by atoms with Crippen molar-refractivity contribution in [2.75, 3.05) is 11.9 Å². The highest BCUT2D eigenvalue weighted by molar-refractivity contribution is 5.95. The van der Waals surface area contributed by atoms with Crippen molar-refractivity contribution >= 4 is 17.7 Å². The Bertz CT molecular complexity index is 1320. The fourth-order valence-corrected chi connectivity index (χ4v) is 4.58. The summed E-state index contributed by atoms with van der Waals surface area (Å²) in [5.41, 5.74) is 6.23. The summed E-state index contributed by atoms with van der Waals surface area (Å²) in [7, 11) is 0. The molecule has 1 unspecified atom stereocenters. The fourth-order valence-electron chi connectivity index (χ4n) is 4.58. The third kappa shape index (κ3) is 5.74. The van der Waals surface area contributed by atoms with E-state index in [9.17, 15) is 33.0 Å². The second kappa shape index (κ2) is 10.6. The number of alkyl halides is 3. The van der Waals surface area contributed by atoms with Gasteiger partial charge in [-0.2, -0.15) is 18.3 Å². The van der Waals surface area contributed by atoms with Gasteiger partial charge in [-0.3, -0.25) is 14.3 Å². The number of carboxylic acids is 1. The van der Waals surface area contributed by atoms with Gasteiger partial charge < -0.3 is 21.3 Å². The number of hydrogen-bond acceptors (Lipinski definition) is 6. The van der Waals surface area contributed by atoms with Crippen LogP contribution in [0.5, 0.6) is 0 Å². The Labute approximate surface area is 210 Å². The lowest BCUT2D eigenvalue weighted by Gasteiger charge is -2.17. The maximum absolute atomic E-state index is 13.3. The van der Waals surface area contributed by atoms with Crippen molar-refractivity contribution in [2.45, 2.75) is 50.9 Å². The maximum atomic E-state index is 13.3. The molecule has 37 heavy (non-hydrogen) atoms. The minimum Gasteiger partial charge on any atom is -0.481 e. The first kappa shape index (κ1) is 26.1. The van der Waals surface area contributed by atoms with E-state index >= 15 is 0 Å². The van der Waals surface area contributed by atoms with Gasteiger partial charge in [-0.05, 0) is 36.1 Å². The molecule has 196 valence electrons. The van der Waals surface area contributed by atoms with Gasteiger partial charge in [0.2, 0.25) is 0 Å². The van der Waals surface area contributed by atoms with Gasteiger partial charge >= 0.3 is 12.1 Å². The SMILES string of the molecule is NC(=O)c1c(C(CC(=O)O)c2cccc(C(F)(F)F)c2)nn(CCc2ccc3c(n2)NCCC3)c1CO. The van der Waals surface area contributed by atoms with Crippen LogP contribution in [0.2, 0.25) is 0 Å². The minimum atomic E-state index is -4.65. The normalized spacial score (nSPS) is 14.1. The van der Waals surface area contributed by atoms with E-state index < -0.39 is 42.6 Å². The van der Waals surface area contributed by atoms with Gasteiger partial charge in [0.05, 0.1) is 35.5 Å². The van der Waals surface area contributed by atoms with E-state index in [0.29, 0.717) is 6.42 Å². The zero-order valence-electron chi connectivity index (χ0n) is 19.8. The molecule has 1 aliphatic rings. The number of aromatic nitrogens is 3. The summed E-state index contributed by atoms with van der Waals surface area (Å²) in [6.45, 7) is 0.361.